The molecule has 21 heavy (non-hydrogen) atoms. The number of halogens is 1. The summed E-state index contributed by atoms with van der Waals surface area (Å²) in [6.07, 6.45) is 0.248. The summed E-state index contributed by atoms with van der Waals surface area (Å²) >= 11 is 6.10. The fourth-order valence-electron chi connectivity index (χ4n) is 1.84. The van der Waals surface area contributed by atoms with Gasteiger partial charge in [-0.2, -0.15) is 0 Å². The predicted octanol–water partition coefficient (Wildman–Crippen LogP) is 1.76. The van der Waals surface area contributed by atoms with Crippen molar-refractivity contribution >= 4 is 29.1 Å². The van der Waals surface area contributed by atoms with Gasteiger partial charge in [-0.05, 0) is 26.2 Å². The van der Waals surface area contributed by atoms with E-state index in [0.29, 0.717) is 23.8 Å². The van der Waals surface area contributed by atoms with E-state index in [1.54, 1.807) is 18.2 Å². The number of nitrogens with zero attached hydrogens (tertiary/aromatic N) is 2. The van der Waals surface area contributed by atoms with Crippen LogP contribution >= 0.6 is 11.6 Å². The Bertz CT molecular complexity index is 492. The fraction of sp³-hybridized carbons (Fsp3) is 0.467. The van der Waals surface area contributed by atoms with E-state index in [9.17, 15) is 9.59 Å². The van der Waals surface area contributed by atoms with Gasteiger partial charge in [0.15, 0.2) is 0 Å². The van der Waals surface area contributed by atoms with Crippen molar-refractivity contribution in [1.82, 2.24) is 10.2 Å². The third-order valence-corrected chi connectivity index (χ3v) is 3.29. The van der Waals surface area contributed by atoms with Crippen LogP contribution < -0.4 is 10.2 Å². The molecule has 1 aromatic carbocycles. The molecule has 0 unspecified atom stereocenters. The molecule has 6 heteroatoms. The lowest BCUT2D eigenvalue weighted by Gasteiger charge is -2.22. The van der Waals surface area contributed by atoms with Crippen LogP contribution in [0.25, 0.3) is 0 Å². The summed E-state index contributed by atoms with van der Waals surface area (Å²) in [7, 11) is 3.89. The number of nitrogens with one attached hydrogen (secondary N) is 1. The molecule has 0 atom stereocenters. The minimum atomic E-state index is -0.135. The van der Waals surface area contributed by atoms with Gasteiger partial charge in [0.05, 0.1) is 10.7 Å². The van der Waals surface area contributed by atoms with Crippen molar-refractivity contribution in [2.45, 2.75) is 13.3 Å². The van der Waals surface area contributed by atoms with Crippen molar-refractivity contribution in [2.24, 2.45) is 0 Å². The molecule has 2 amide bonds. The minimum absolute atomic E-state index is 0.0739. The highest BCUT2D eigenvalue weighted by molar-refractivity contribution is 6.33. The molecule has 0 aliphatic heterocycles. The maximum Gasteiger partial charge on any atom is 0.223 e. The van der Waals surface area contributed by atoms with E-state index in [0.717, 1.165) is 6.54 Å². The quantitative estimate of drug-likeness (QED) is 0.835. The molecule has 5 nitrogen and oxygen atoms in total. The van der Waals surface area contributed by atoms with Gasteiger partial charge in [-0.25, -0.2) is 0 Å². The third kappa shape index (κ3) is 6.14. The Balaban J connectivity index is 2.55. The van der Waals surface area contributed by atoms with E-state index in [2.05, 4.69) is 5.32 Å². The van der Waals surface area contributed by atoms with E-state index in [1.807, 2.05) is 25.1 Å². The highest BCUT2D eigenvalue weighted by atomic mass is 35.5. The third-order valence-electron chi connectivity index (χ3n) is 2.97. The molecule has 0 spiro atoms. The highest BCUT2D eigenvalue weighted by Gasteiger charge is 2.15. The molecule has 0 fully saturated rings. The molecule has 0 aliphatic rings. The second-order valence-corrected chi connectivity index (χ2v) is 5.43. The number of rotatable bonds is 7. The number of anilines is 1. The van der Waals surface area contributed by atoms with Gasteiger partial charge in [0, 0.05) is 33.0 Å². The Morgan fingerprint density at radius 2 is 1.86 bits per heavy atom. The first kappa shape index (κ1) is 17.5. The monoisotopic (exact) mass is 311 g/mol. The van der Waals surface area contributed by atoms with Crippen LogP contribution in [0.5, 0.6) is 0 Å². The van der Waals surface area contributed by atoms with Crippen LogP contribution in [0.15, 0.2) is 24.3 Å². The van der Waals surface area contributed by atoms with E-state index in [-0.39, 0.29) is 18.2 Å². The lowest BCUT2D eigenvalue weighted by atomic mass is 10.2. The van der Waals surface area contributed by atoms with E-state index < -0.39 is 0 Å². The first-order valence-corrected chi connectivity index (χ1v) is 7.23. The molecule has 0 aliphatic carbocycles. The molecule has 116 valence electrons. The summed E-state index contributed by atoms with van der Waals surface area (Å²) in [5.41, 5.74) is 0.632. The molecule has 0 heterocycles. The van der Waals surface area contributed by atoms with Gasteiger partial charge < -0.3 is 15.1 Å². The van der Waals surface area contributed by atoms with Gasteiger partial charge in [0.2, 0.25) is 11.8 Å². The molecule has 1 aromatic rings. The van der Waals surface area contributed by atoms with Crippen LogP contribution in [0.1, 0.15) is 13.3 Å². The summed E-state index contributed by atoms with van der Waals surface area (Å²) in [5.74, 6) is -0.209. The standard InChI is InChI=1S/C15H22ClN3O2/c1-12(20)19(14-7-5-4-6-13(14)16)10-8-15(21)17-9-11-18(2)3/h4-7H,8-11H2,1-3H3,(H,17,21). The molecule has 0 saturated carbocycles. The zero-order valence-electron chi connectivity index (χ0n) is 12.7. The normalized spacial score (nSPS) is 10.5. The maximum atomic E-state index is 11.8. The molecule has 0 bridgehead atoms. The first-order chi connectivity index (χ1) is 9.91. The zero-order chi connectivity index (χ0) is 15.8. The van der Waals surface area contributed by atoms with Gasteiger partial charge in [-0.15, -0.1) is 0 Å². The Hall–Kier alpha value is -1.59. The molecule has 0 saturated heterocycles. The number of likely N-dealkylation sites (N-methyl/N-ethyl adjacent to an activating group) is 1. The minimum Gasteiger partial charge on any atom is -0.355 e. The Morgan fingerprint density at radius 1 is 1.19 bits per heavy atom. The Labute approximate surface area is 130 Å². The van der Waals surface area contributed by atoms with Crippen LogP contribution in [0.4, 0.5) is 5.69 Å². The van der Waals surface area contributed by atoms with Crippen molar-refractivity contribution in [3.8, 4) is 0 Å². The predicted molar refractivity (Wildman–Crippen MR) is 85.7 cm³/mol. The number of amides is 2. The second-order valence-electron chi connectivity index (χ2n) is 5.03. The van der Waals surface area contributed by atoms with Crippen molar-refractivity contribution in [1.29, 1.82) is 0 Å². The summed E-state index contributed by atoms with van der Waals surface area (Å²) in [6.45, 7) is 3.16. The van der Waals surface area contributed by atoms with Gasteiger partial charge in [-0.1, -0.05) is 23.7 Å². The highest BCUT2D eigenvalue weighted by Crippen LogP contribution is 2.25. The number of para-hydroxylation sites is 1. The summed E-state index contributed by atoms with van der Waals surface area (Å²) in [6, 6.07) is 7.12. The molecular weight excluding hydrogens is 290 g/mol. The van der Waals surface area contributed by atoms with Crippen LogP contribution in [0, 0.1) is 0 Å². The largest absolute Gasteiger partial charge is 0.355 e. The fourth-order valence-corrected chi connectivity index (χ4v) is 2.08. The van der Waals surface area contributed by atoms with E-state index in [4.69, 9.17) is 11.6 Å². The molecule has 0 radical (unpaired) electrons. The number of hydrogen-bond acceptors (Lipinski definition) is 3. The van der Waals surface area contributed by atoms with Crippen LogP contribution in [-0.4, -0.2) is 50.4 Å². The molecule has 0 aromatic heterocycles. The smallest absolute Gasteiger partial charge is 0.223 e. The summed E-state index contributed by atoms with van der Waals surface area (Å²) in [5, 5.41) is 3.32. The van der Waals surface area contributed by atoms with Gasteiger partial charge >= 0.3 is 0 Å². The summed E-state index contributed by atoms with van der Waals surface area (Å²) < 4.78 is 0. The zero-order valence-corrected chi connectivity index (χ0v) is 13.5. The molecule has 1 N–H and O–H groups in total. The Kier molecular flexibility index (Phi) is 7.19. The number of carbonyl (C=O) groups is 2. The van der Waals surface area contributed by atoms with E-state index in [1.165, 1.54) is 11.8 Å². The van der Waals surface area contributed by atoms with Gasteiger partial charge in [-0.3, -0.25) is 9.59 Å². The molecular formula is C15H22ClN3O2. The average Bonchev–Trinajstić information content (AvgIpc) is 2.40. The first-order valence-electron chi connectivity index (χ1n) is 6.86. The Morgan fingerprint density at radius 3 is 2.43 bits per heavy atom. The van der Waals surface area contributed by atoms with Crippen molar-refractivity contribution < 1.29 is 9.59 Å². The van der Waals surface area contributed by atoms with Crippen molar-refractivity contribution in [3.05, 3.63) is 29.3 Å². The number of hydrogen-bond donors (Lipinski definition) is 1. The average molecular weight is 312 g/mol. The molecule has 1 rings (SSSR count). The van der Waals surface area contributed by atoms with E-state index >= 15 is 0 Å². The van der Waals surface area contributed by atoms with Crippen molar-refractivity contribution in [3.63, 3.8) is 0 Å². The van der Waals surface area contributed by atoms with Crippen molar-refractivity contribution in [2.75, 3.05) is 38.6 Å². The number of carbonyl (C=O) groups excluding carboxylic acids is 2. The van der Waals surface area contributed by atoms with Crippen LogP contribution in [-0.2, 0) is 9.59 Å². The lowest BCUT2D eigenvalue weighted by molar-refractivity contribution is -0.121. The SMILES string of the molecule is CC(=O)N(CCC(=O)NCCN(C)C)c1ccccc1Cl. The van der Waals surface area contributed by atoms with Gasteiger partial charge in [0.1, 0.15) is 0 Å². The topological polar surface area (TPSA) is 52.7 Å². The van der Waals surface area contributed by atoms with Crippen LogP contribution in [0.2, 0.25) is 5.02 Å². The number of benzene rings is 1. The lowest BCUT2D eigenvalue weighted by Crippen LogP contribution is -2.36. The summed E-state index contributed by atoms with van der Waals surface area (Å²) in [4.78, 5) is 27.0. The van der Waals surface area contributed by atoms with Crippen LogP contribution in [0.3, 0.4) is 0 Å². The maximum absolute atomic E-state index is 11.8. The van der Waals surface area contributed by atoms with Gasteiger partial charge in [0.25, 0.3) is 0 Å². The second kappa shape index (κ2) is 8.64.